The molecule has 2 aliphatic rings. The quantitative estimate of drug-likeness (QED) is 0.752. The SMILES string of the molecule is CC(=O)N1CCCC(c2ccccc2CC2(C(N)=O)CCN(Cc3cnn(C)c3)CC2)C1. The third kappa shape index (κ3) is 4.88. The summed E-state index contributed by atoms with van der Waals surface area (Å²) in [6.45, 7) is 5.79. The van der Waals surface area contributed by atoms with Gasteiger partial charge < -0.3 is 10.6 Å². The largest absolute Gasteiger partial charge is 0.369 e. The highest BCUT2D eigenvalue weighted by molar-refractivity contribution is 5.81. The van der Waals surface area contributed by atoms with E-state index < -0.39 is 5.41 Å². The lowest BCUT2D eigenvalue weighted by molar-refractivity contribution is -0.130. The second-order valence-corrected chi connectivity index (χ2v) is 9.62. The van der Waals surface area contributed by atoms with Gasteiger partial charge in [-0.15, -0.1) is 0 Å². The number of aryl methyl sites for hydroxylation is 1. The van der Waals surface area contributed by atoms with Crippen LogP contribution in [0.3, 0.4) is 0 Å². The maximum atomic E-state index is 12.7. The number of likely N-dealkylation sites (tertiary alicyclic amines) is 2. The number of hydrogen-bond donors (Lipinski definition) is 1. The van der Waals surface area contributed by atoms with Gasteiger partial charge in [0.05, 0.1) is 11.6 Å². The Balaban J connectivity index is 1.48. The number of carbonyl (C=O) groups excluding carboxylic acids is 2. The minimum absolute atomic E-state index is 0.141. The van der Waals surface area contributed by atoms with Crippen molar-refractivity contribution in [3.05, 3.63) is 53.3 Å². The molecule has 2 saturated heterocycles. The second-order valence-electron chi connectivity index (χ2n) is 9.62. The van der Waals surface area contributed by atoms with Crippen LogP contribution in [0.15, 0.2) is 36.7 Å². The molecule has 32 heavy (non-hydrogen) atoms. The monoisotopic (exact) mass is 437 g/mol. The summed E-state index contributed by atoms with van der Waals surface area (Å²) in [5.41, 5.74) is 9.18. The Kier molecular flexibility index (Phi) is 6.65. The lowest BCUT2D eigenvalue weighted by Crippen LogP contribution is -2.48. The number of benzene rings is 1. The van der Waals surface area contributed by atoms with E-state index in [9.17, 15) is 9.59 Å². The predicted octanol–water partition coefficient (Wildman–Crippen LogP) is 2.46. The molecule has 3 heterocycles. The molecular formula is C25H35N5O2. The van der Waals surface area contributed by atoms with Gasteiger partial charge in [-0.2, -0.15) is 5.10 Å². The van der Waals surface area contributed by atoms with E-state index in [0.29, 0.717) is 12.3 Å². The summed E-state index contributed by atoms with van der Waals surface area (Å²) in [5, 5.41) is 4.26. The van der Waals surface area contributed by atoms with Crippen LogP contribution in [0.4, 0.5) is 0 Å². The summed E-state index contributed by atoms with van der Waals surface area (Å²) >= 11 is 0. The highest BCUT2D eigenvalue weighted by Gasteiger charge is 2.40. The number of rotatable bonds is 6. The van der Waals surface area contributed by atoms with E-state index in [2.05, 4.69) is 34.3 Å². The Bertz CT molecular complexity index is 961. The van der Waals surface area contributed by atoms with Crippen LogP contribution < -0.4 is 5.73 Å². The fourth-order valence-corrected chi connectivity index (χ4v) is 5.44. The Morgan fingerprint density at radius 2 is 1.94 bits per heavy atom. The zero-order valence-corrected chi connectivity index (χ0v) is 19.3. The zero-order valence-electron chi connectivity index (χ0n) is 19.3. The molecule has 0 radical (unpaired) electrons. The van der Waals surface area contributed by atoms with Crippen LogP contribution in [0.1, 0.15) is 55.2 Å². The van der Waals surface area contributed by atoms with Gasteiger partial charge in [0, 0.05) is 51.3 Å². The van der Waals surface area contributed by atoms with Crippen LogP contribution in [-0.4, -0.2) is 57.6 Å². The van der Waals surface area contributed by atoms with E-state index in [1.54, 1.807) is 6.92 Å². The molecule has 1 aromatic heterocycles. The molecule has 2 aromatic rings. The van der Waals surface area contributed by atoms with Crippen molar-refractivity contribution < 1.29 is 9.59 Å². The molecule has 2 fully saturated rings. The molecule has 0 spiro atoms. The Morgan fingerprint density at radius 3 is 2.59 bits per heavy atom. The van der Waals surface area contributed by atoms with Crippen LogP contribution in [0.5, 0.6) is 0 Å². The third-order valence-electron chi connectivity index (χ3n) is 7.39. The van der Waals surface area contributed by atoms with E-state index in [1.807, 2.05) is 29.0 Å². The van der Waals surface area contributed by atoms with E-state index in [4.69, 9.17) is 5.73 Å². The Morgan fingerprint density at radius 1 is 1.19 bits per heavy atom. The van der Waals surface area contributed by atoms with Crippen molar-refractivity contribution in [3.63, 3.8) is 0 Å². The van der Waals surface area contributed by atoms with Gasteiger partial charge in [0.1, 0.15) is 0 Å². The first-order chi connectivity index (χ1) is 15.4. The lowest BCUT2D eigenvalue weighted by Gasteiger charge is -2.40. The number of amides is 2. The molecule has 2 amide bonds. The van der Waals surface area contributed by atoms with Crippen molar-refractivity contribution in [1.29, 1.82) is 0 Å². The molecule has 7 heteroatoms. The first-order valence-electron chi connectivity index (χ1n) is 11.7. The van der Waals surface area contributed by atoms with E-state index >= 15 is 0 Å². The van der Waals surface area contributed by atoms with Crippen LogP contribution >= 0.6 is 0 Å². The van der Waals surface area contributed by atoms with Crippen molar-refractivity contribution in [2.75, 3.05) is 26.2 Å². The number of aromatic nitrogens is 2. The van der Waals surface area contributed by atoms with Gasteiger partial charge in [-0.1, -0.05) is 24.3 Å². The molecule has 4 rings (SSSR count). The van der Waals surface area contributed by atoms with Gasteiger partial charge in [-0.3, -0.25) is 19.2 Å². The van der Waals surface area contributed by atoms with Gasteiger partial charge in [-0.25, -0.2) is 0 Å². The van der Waals surface area contributed by atoms with E-state index in [0.717, 1.165) is 58.4 Å². The summed E-state index contributed by atoms with van der Waals surface area (Å²) in [7, 11) is 1.93. The first-order valence-corrected chi connectivity index (χ1v) is 11.7. The summed E-state index contributed by atoms with van der Waals surface area (Å²) in [5.74, 6) is 0.267. The number of nitrogens with zero attached hydrogens (tertiary/aromatic N) is 4. The first kappa shape index (κ1) is 22.5. The number of carbonyl (C=O) groups is 2. The van der Waals surface area contributed by atoms with Crippen molar-refractivity contribution in [1.82, 2.24) is 19.6 Å². The van der Waals surface area contributed by atoms with Crippen molar-refractivity contribution in [3.8, 4) is 0 Å². The molecule has 1 atom stereocenters. The predicted molar refractivity (Wildman–Crippen MR) is 124 cm³/mol. The standard InChI is InChI=1S/C25H35N5O2/c1-19(31)30-11-5-7-22(18-30)23-8-4-3-6-21(23)14-25(24(26)32)9-12-29(13-10-25)17-20-15-27-28(2)16-20/h3-4,6,8,15-16,22H,5,7,9-14,17-18H2,1-2H3,(H2,26,32). The summed E-state index contributed by atoms with van der Waals surface area (Å²) in [6, 6.07) is 8.44. The number of hydrogen-bond acceptors (Lipinski definition) is 4. The maximum Gasteiger partial charge on any atom is 0.224 e. The van der Waals surface area contributed by atoms with Crippen molar-refractivity contribution >= 4 is 11.8 Å². The van der Waals surface area contributed by atoms with Crippen LogP contribution in [0, 0.1) is 5.41 Å². The van der Waals surface area contributed by atoms with Gasteiger partial charge in [0.2, 0.25) is 11.8 Å². The van der Waals surface area contributed by atoms with Crippen LogP contribution in [0.25, 0.3) is 0 Å². The van der Waals surface area contributed by atoms with Gasteiger partial charge >= 0.3 is 0 Å². The van der Waals surface area contributed by atoms with E-state index in [-0.39, 0.29) is 11.8 Å². The molecule has 0 aliphatic carbocycles. The molecule has 1 unspecified atom stereocenters. The van der Waals surface area contributed by atoms with Gasteiger partial charge in [0.15, 0.2) is 0 Å². The highest BCUT2D eigenvalue weighted by atomic mass is 16.2. The second kappa shape index (κ2) is 9.45. The molecule has 0 bridgehead atoms. The van der Waals surface area contributed by atoms with Gasteiger partial charge in [-0.05, 0) is 56.3 Å². The maximum absolute atomic E-state index is 12.7. The summed E-state index contributed by atoms with van der Waals surface area (Å²) in [6.07, 6.45) is 8.24. The zero-order chi connectivity index (χ0) is 22.7. The van der Waals surface area contributed by atoms with Crippen LogP contribution in [-0.2, 0) is 29.6 Å². The Labute approximate surface area is 190 Å². The highest BCUT2D eigenvalue weighted by Crippen LogP contribution is 2.38. The number of nitrogens with two attached hydrogens (primary N) is 1. The molecule has 0 saturated carbocycles. The number of primary amides is 1. The molecule has 2 N–H and O–H groups in total. The molecular weight excluding hydrogens is 402 g/mol. The minimum atomic E-state index is -0.517. The topological polar surface area (TPSA) is 84.5 Å². The fourth-order valence-electron chi connectivity index (χ4n) is 5.44. The number of piperidine rings is 2. The smallest absolute Gasteiger partial charge is 0.224 e. The average Bonchev–Trinajstić information content (AvgIpc) is 3.20. The minimum Gasteiger partial charge on any atom is -0.369 e. The van der Waals surface area contributed by atoms with Crippen molar-refractivity contribution in [2.24, 2.45) is 18.2 Å². The fraction of sp³-hybridized carbons (Fsp3) is 0.560. The lowest BCUT2D eigenvalue weighted by atomic mass is 9.71. The third-order valence-corrected chi connectivity index (χ3v) is 7.39. The Hall–Kier alpha value is -2.67. The van der Waals surface area contributed by atoms with Crippen molar-refractivity contribution in [2.45, 2.75) is 51.5 Å². The summed E-state index contributed by atoms with van der Waals surface area (Å²) in [4.78, 5) is 29.0. The molecule has 172 valence electrons. The molecule has 2 aliphatic heterocycles. The van der Waals surface area contributed by atoms with Gasteiger partial charge in [0.25, 0.3) is 0 Å². The molecule has 1 aromatic carbocycles. The molecule has 7 nitrogen and oxygen atoms in total. The average molecular weight is 438 g/mol. The summed E-state index contributed by atoms with van der Waals surface area (Å²) < 4.78 is 1.82. The van der Waals surface area contributed by atoms with Crippen LogP contribution in [0.2, 0.25) is 0 Å². The normalized spacial score (nSPS) is 21.4. The van der Waals surface area contributed by atoms with E-state index in [1.165, 1.54) is 16.7 Å².